The molecule has 0 aromatic heterocycles. The molecule has 5 heteroatoms. The highest BCUT2D eigenvalue weighted by Crippen LogP contribution is 2.15. The Morgan fingerprint density at radius 2 is 2.26 bits per heavy atom. The number of hydrogen-bond acceptors (Lipinski definition) is 4. The van der Waals surface area contributed by atoms with Crippen LogP contribution in [0.5, 0.6) is 0 Å². The minimum Gasteiger partial charge on any atom is -0.361 e. The van der Waals surface area contributed by atoms with Gasteiger partial charge in [-0.15, -0.1) is 0 Å². The molecule has 1 aromatic carbocycles. The number of rotatable bonds is 4. The summed E-state index contributed by atoms with van der Waals surface area (Å²) in [4.78, 5) is 18.2. The van der Waals surface area contributed by atoms with Gasteiger partial charge in [-0.25, -0.2) is 0 Å². The second-order valence-electron chi connectivity index (χ2n) is 4.44. The summed E-state index contributed by atoms with van der Waals surface area (Å²) >= 11 is 0. The Balaban J connectivity index is 2.19. The first-order valence-electron chi connectivity index (χ1n) is 6.27. The fraction of sp³-hybridized carbons (Fsp3) is 0.357. The minimum atomic E-state index is -0.175. The van der Waals surface area contributed by atoms with Crippen LogP contribution < -0.4 is 10.2 Å². The number of benzene rings is 1. The van der Waals surface area contributed by atoms with Crippen molar-refractivity contribution in [2.75, 3.05) is 18.0 Å². The molecule has 1 aliphatic heterocycles. The third kappa shape index (κ3) is 3.10. The van der Waals surface area contributed by atoms with E-state index in [0.29, 0.717) is 25.3 Å². The molecule has 0 fully saturated rings. The van der Waals surface area contributed by atoms with Gasteiger partial charge in [0.2, 0.25) is 0 Å². The summed E-state index contributed by atoms with van der Waals surface area (Å²) in [6, 6.07) is 11.6. The van der Waals surface area contributed by atoms with E-state index in [0.717, 1.165) is 5.69 Å². The zero-order chi connectivity index (χ0) is 13.7. The van der Waals surface area contributed by atoms with Gasteiger partial charge in [0.25, 0.3) is 5.91 Å². The van der Waals surface area contributed by atoms with Crippen LogP contribution in [0.15, 0.2) is 35.3 Å². The molecule has 1 heterocycles. The summed E-state index contributed by atoms with van der Waals surface area (Å²) < 4.78 is 0. The monoisotopic (exact) mass is 256 g/mol. The van der Waals surface area contributed by atoms with Gasteiger partial charge in [0.15, 0.2) is 5.84 Å². The molecule has 1 N–H and O–H groups in total. The van der Waals surface area contributed by atoms with Crippen LogP contribution in [0.3, 0.4) is 0 Å². The maximum absolute atomic E-state index is 12.4. The molecule has 1 unspecified atom stereocenters. The molecule has 0 aliphatic carbocycles. The highest BCUT2D eigenvalue weighted by Gasteiger charge is 2.25. The first kappa shape index (κ1) is 13.1. The van der Waals surface area contributed by atoms with Crippen LogP contribution in [-0.2, 0) is 4.79 Å². The van der Waals surface area contributed by atoms with Crippen LogP contribution in [-0.4, -0.2) is 30.9 Å². The van der Waals surface area contributed by atoms with Crippen molar-refractivity contribution >= 4 is 17.4 Å². The van der Waals surface area contributed by atoms with Crippen LogP contribution >= 0.6 is 0 Å². The highest BCUT2D eigenvalue weighted by atomic mass is 16.2. The van der Waals surface area contributed by atoms with Gasteiger partial charge < -0.3 is 10.2 Å². The maximum Gasteiger partial charge on any atom is 0.293 e. The van der Waals surface area contributed by atoms with Gasteiger partial charge in [0.05, 0.1) is 19.0 Å². The minimum absolute atomic E-state index is 0.175. The van der Waals surface area contributed by atoms with E-state index >= 15 is 0 Å². The van der Waals surface area contributed by atoms with Crippen molar-refractivity contribution in [3.8, 4) is 6.07 Å². The maximum atomic E-state index is 12.4. The summed E-state index contributed by atoms with van der Waals surface area (Å²) in [5.41, 5.74) is 0.784. The lowest BCUT2D eigenvalue weighted by Crippen LogP contribution is -2.43. The smallest absolute Gasteiger partial charge is 0.293 e. The quantitative estimate of drug-likeness (QED) is 0.883. The van der Waals surface area contributed by atoms with Gasteiger partial charge in [-0.1, -0.05) is 18.2 Å². The van der Waals surface area contributed by atoms with Crippen molar-refractivity contribution in [2.45, 2.75) is 19.4 Å². The molecule has 1 aliphatic rings. The van der Waals surface area contributed by atoms with Crippen molar-refractivity contribution in [3.05, 3.63) is 30.3 Å². The predicted octanol–water partition coefficient (Wildman–Crippen LogP) is 1.32. The Morgan fingerprint density at radius 1 is 1.53 bits per heavy atom. The van der Waals surface area contributed by atoms with Crippen LogP contribution in [0.4, 0.5) is 5.69 Å². The van der Waals surface area contributed by atoms with E-state index in [1.807, 2.05) is 37.3 Å². The van der Waals surface area contributed by atoms with Crippen molar-refractivity contribution in [1.82, 2.24) is 5.32 Å². The number of nitriles is 1. The number of carbonyl (C=O) groups excluding carboxylic acids is 1. The first-order chi connectivity index (χ1) is 9.22. The molecule has 98 valence electrons. The molecule has 0 spiro atoms. The van der Waals surface area contributed by atoms with E-state index < -0.39 is 0 Å². The van der Waals surface area contributed by atoms with E-state index in [2.05, 4.69) is 16.4 Å². The van der Waals surface area contributed by atoms with Gasteiger partial charge in [-0.2, -0.15) is 5.26 Å². The van der Waals surface area contributed by atoms with Gasteiger partial charge >= 0.3 is 0 Å². The van der Waals surface area contributed by atoms with Crippen LogP contribution in [0.1, 0.15) is 13.3 Å². The van der Waals surface area contributed by atoms with Crippen molar-refractivity contribution in [1.29, 1.82) is 5.26 Å². The fourth-order valence-corrected chi connectivity index (χ4v) is 1.93. The molecule has 0 saturated heterocycles. The van der Waals surface area contributed by atoms with Crippen LogP contribution in [0.2, 0.25) is 0 Å². The number of anilines is 1. The average molecular weight is 256 g/mol. The number of para-hydroxylation sites is 1. The Bertz CT molecular complexity index is 518. The molecular weight excluding hydrogens is 240 g/mol. The highest BCUT2D eigenvalue weighted by molar-refractivity contribution is 6.43. The van der Waals surface area contributed by atoms with Crippen molar-refractivity contribution in [2.24, 2.45) is 4.99 Å². The second-order valence-corrected chi connectivity index (χ2v) is 4.44. The van der Waals surface area contributed by atoms with Crippen molar-refractivity contribution < 1.29 is 4.79 Å². The third-order valence-corrected chi connectivity index (χ3v) is 2.87. The van der Waals surface area contributed by atoms with Gasteiger partial charge in [0, 0.05) is 18.3 Å². The van der Waals surface area contributed by atoms with E-state index in [1.165, 1.54) is 0 Å². The molecule has 2 rings (SSSR count). The molecule has 0 saturated carbocycles. The zero-order valence-electron chi connectivity index (χ0n) is 10.8. The van der Waals surface area contributed by atoms with E-state index in [9.17, 15) is 4.79 Å². The van der Waals surface area contributed by atoms with E-state index in [-0.39, 0.29) is 11.9 Å². The topological polar surface area (TPSA) is 68.5 Å². The summed E-state index contributed by atoms with van der Waals surface area (Å²) in [5, 5.41) is 11.8. The van der Waals surface area contributed by atoms with Gasteiger partial charge in [-0.3, -0.25) is 9.79 Å². The van der Waals surface area contributed by atoms with Gasteiger partial charge in [-0.05, 0) is 19.1 Å². The summed E-state index contributed by atoms with van der Waals surface area (Å²) in [6.07, 6.45) is 0.295. The normalized spacial score (nSPS) is 17.3. The molecule has 1 amide bonds. The lowest BCUT2D eigenvalue weighted by Gasteiger charge is -2.22. The molecule has 5 nitrogen and oxygen atoms in total. The third-order valence-electron chi connectivity index (χ3n) is 2.87. The Kier molecular flexibility index (Phi) is 4.14. The number of aliphatic imine (C=N–C) groups is 1. The Labute approximate surface area is 112 Å². The number of amides is 1. The lowest BCUT2D eigenvalue weighted by atomic mass is 10.2. The first-order valence-corrected chi connectivity index (χ1v) is 6.27. The van der Waals surface area contributed by atoms with Gasteiger partial charge in [0.1, 0.15) is 0 Å². The van der Waals surface area contributed by atoms with Crippen LogP contribution in [0, 0.1) is 11.3 Å². The summed E-state index contributed by atoms with van der Waals surface area (Å²) in [5.74, 6) is 0.208. The largest absolute Gasteiger partial charge is 0.361 e. The standard InChI is InChI=1S/C14H16N4O/c1-11-10-16-13(17-11)14(19)18(9-5-8-15)12-6-3-2-4-7-12/h2-4,6-7,11H,5,9-10H2,1H3,(H,16,17). The number of amidine groups is 1. The fourth-order valence-electron chi connectivity index (χ4n) is 1.93. The lowest BCUT2D eigenvalue weighted by molar-refractivity contribution is -0.112. The van der Waals surface area contributed by atoms with E-state index in [1.54, 1.807) is 4.90 Å². The number of nitrogens with zero attached hydrogens (tertiary/aromatic N) is 3. The number of hydrogen-bond donors (Lipinski definition) is 1. The van der Waals surface area contributed by atoms with E-state index in [4.69, 9.17) is 5.26 Å². The Morgan fingerprint density at radius 3 is 2.84 bits per heavy atom. The van der Waals surface area contributed by atoms with Crippen LogP contribution in [0.25, 0.3) is 0 Å². The Hall–Kier alpha value is -2.35. The predicted molar refractivity (Wildman–Crippen MR) is 73.9 cm³/mol. The molecule has 1 atom stereocenters. The molecular formula is C14H16N4O. The average Bonchev–Trinajstić information content (AvgIpc) is 2.87. The number of nitrogens with one attached hydrogen (secondary N) is 1. The summed E-state index contributed by atoms with van der Waals surface area (Å²) in [7, 11) is 0. The molecule has 1 aromatic rings. The zero-order valence-corrected chi connectivity index (χ0v) is 10.8. The number of carbonyl (C=O) groups is 1. The van der Waals surface area contributed by atoms with Crippen molar-refractivity contribution in [3.63, 3.8) is 0 Å². The molecule has 0 bridgehead atoms. The summed E-state index contributed by atoms with van der Waals surface area (Å²) in [6.45, 7) is 2.96. The molecule has 0 radical (unpaired) electrons. The second kappa shape index (κ2) is 6.01. The molecule has 19 heavy (non-hydrogen) atoms. The SMILES string of the molecule is CC1CN=C(C(=O)N(CCC#N)c2ccccc2)N1.